The van der Waals surface area contributed by atoms with E-state index in [1.807, 2.05) is 0 Å². The molecule has 96 valence electrons. The van der Waals surface area contributed by atoms with Crippen LogP contribution < -0.4 is 0 Å². The van der Waals surface area contributed by atoms with Gasteiger partial charge in [-0.15, -0.1) is 0 Å². The smallest absolute Gasteiger partial charge is 0.0774 e. The van der Waals surface area contributed by atoms with Crippen LogP contribution in [0.25, 0.3) is 0 Å². The molecular formula is C14H27IO. The van der Waals surface area contributed by atoms with E-state index in [-0.39, 0.29) is 5.60 Å². The molecule has 1 aliphatic rings. The Hall–Kier alpha value is 0.690. The first-order valence-electron chi connectivity index (χ1n) is 6.78. The maximum atomic E-state index is 6.23. The zero-order valence-electron chi connectivity index (χ0n) is 11.1. The molecule has 0 aromatic carbocycles. The Bertz CT molecular complexity index is 193. The Balaban J connectivity index is 2.29. The fourth-order valence-electron chi connectivity index (χ4n) is 2.68. The largest absolute Gasteiger partial charge is 0.374 e. The van der Waals surface area contributed by atoms with E-state index in [0.29, 0.717) is 0 Å². The summed E-state index contributed by atoms with van der Waals surface area (Å²) in [5, 5.41) is 0. The van der Waals surface area contributed by atoms with Gasteiger partial charge in [-0.3, -0.25) is 0 Å². The number of ether oxygens (including phenoxy) is 1. The lowest BCUT2D eigenvalue weighted by Crippen LogP contribution is -2.39. The van der Waals surface area contributed by atoms with E-state index in [1.165, 1.54) is 38.5 Å². The van der Waals surface area contributed by atoms with Crippen molar-refractivity contribution in [1.82, 2.24) is 0 Å². The number of rotatable bonds is 6. The van der Waals surface area contributed by atoms with Crippen molar-refractivity contribution >= 4 is 22.6 Å². The minimum Gasteiger partial charge on any atom is -0.374 e. The van der Waals surface area contributed by atoms with Gasteiger partial charge < -0.3 is 4.74 Å². The number of halogens is 1. The highest BCUT2D eigenvalue weighted by molar-refractivity contribution is 14.1. The first-order chi connectivity index (χ1) is 7.58. The molecule has 1 nitrogen and oxygen atoms in total. The van der Waals surface area contributed by atoms with E-state index < -0.39 is 0 Å². The molecule has 0 aromatic heterocycles. The summed E-state index contributed by atoms with van der Waals surface area (Å²) in [5.41, 5.74) is 0.217. The topological polar surface area (TPSA) is 9.23 Å². The molecule has 0 bridgehead atoms. The molecule has 0 N–H and O–H groups in total. The van der Waals surface area contributed by atoms with Gasteiger partial charge in [0.05, 0.1) is 5.60 Å². The van der Waals surface area contributed by atoms with Crippen LogP contribution in [0.15, 0.2) is 0 Å². The van der Waals surface area contributed by atoms with Crippen LogP contribution in [0.4, 0.5) is 0 Å². The molecule has 0 aliphatic heterocycles. The van der Waals surface area contributed by atoms with Gasteiger partial charge in [0.1, 0.15) is 0 Å². The Morgan fingerprint density at radius 1 is 1.44 bits per heavy atom. The van der Waals surface area contributed by atoms with Gasteiger partial charge in [-0.05, 0) is 37.5 Å². The summed E-state index contributed by atoms with van der Waals surface area (Å²) in [7, 11) is 0. The third-order valence-electron chi connectivity index (χ3n) is 3.63. The van der Waals surface area contributed by atoms with E-state index in [2.05, 4.69) is 43.4 Å². The van der Waals surface area contributed by atoms with E-state index in [9.17, 15) is 0 Å². The predicted octanol–water partition coefficient (Wildman–Crippen LogP) is 4.82. The summed E-state index contributed by atoms with van der Waals surface area (Å²) in [6.07, 6.45) is 7.83. The van der Waals surface area contributed by atoms with Crippen molar-refractivity contribution in [2.75, 3.05) is 11.0 Å². The summed E-state index contributed by atoms with van der Waals surface area (Å²) in [5.74, 6) is 1.66. The third-order valence-corrected chi connectivity index (χ3v) is 5.02. The van der Waals surface area contributed by atoms with Gasteiger partial charge in [0.15, 0.2) is 0 Å². The summed E-state index contributed by atoms with van der Waals surface area (Å²) in [6.45, 7) is 7.92. The molecular weight excluding hydrogens is 311 g/mol. The summed E-state index contributed by atoms with van der Waals surface area (Å²) in [4.78, 5) is 0. The lowest BCUT2D eigenvalue weighted by Gasteiger charge is -2.39. The molecule has 0 amide bonds. The minimum atomic E-state index is 0.217. The van der Waals surface area contributed by atoms with Gasteiger partial charge in [0.25, 0.3) is 0 Å². The Morgan fingerprint density at radius 3 is 2.75 bits per heavy atom. The van der Waals surface area contributed by atoms with Gasteiger partial charge in [0.2, 0.25) is 0 Å². The van der Waals surface area contributed by atoms with Crippen molar-refractivity contribution in [3.05, 3.63) is 0 Å². The van der Waals surface area contributed by atoms with Gasteiger partial charge in [0, 0.05) is 11.0 Å². The molecule has 1 aliphatic carbocycles. The average Bonchev–Trinajstić information content (AvgIpc) is 2.24. The van der Waals surface area contributed by atoms with Crippen molar-refractivity contribution < 1.29 is 4.74 Å². The molecule has 2 atom stereocenters. The van der Waals surface area contributed by atoms with Crippen LogP contribution in [0, 0.1) is 11.8 Å². The van der Waals surface area contributed by atoms with Crippen molar-refractivity contribution in [2.45, 2.75) is 64.9 Å². The quantitative estimate of drug-likeness (QED) is 0.383. The minimum absolute atomic E-state index is 0.217. The van der Waals surface area contributed by atoms with Crippen LogP contribution in [0.5, 0.6) is 0 Å². The monoisotopic (exact) mass is 338 g/mol. The third kappa shape index (κ3) is 4.91. The number of hydrogen-bond acceptors (Lipinski definition) is 1. The van der Waals surface area contributed by atoms with Crippen molar-refractivity contribution in [3.8, 4) is 0 Å². The second-order valence-electron chi connectivity index (χ2n) is 5.90. The van der Waals surface area contributed by atoms with Crippen molar-refractivity contribution in [1.29, 1.82) is 0 Å². The van der Waals surface area contributed by atoms with E-state index >= 15 is 0 Å². The molecule has 1 fully saturated rings. The standard InChI is InChI=1S/C14H27IO/c1-12(2)6-5-9-16-14(11-15)8-4-7-13(3)10-14/h12-13H,4-11H2,1-3H3. The molecule has 0 radical (unpaired) electrons. The lowest BCUT2D eigenvalue weighted by molar-refractivity contribution is -0.0633. The number of alkyl halides is 1. The highest BCUT2D eigenvalue weighted by Crippen LogP contribution is 2.36. The van der Waals surface area contributed by atoms with Gasteiger partial charge in [-0.25, -0.2) is 0 Å². The summed E-state index contributed by atoms with van der Waals surface area (Å²) in [6, 6.07) is 0. The van der Waals surface area contributed by atoms with Crippen LogP contribution in [-0.2, 0) is 4.74 Å². The molecule has 0 saturated heterocycles. The first-order valence-corrected chi connectivity index (χ1v) is 8.30. The lowest BCUT2D eigenvalue weighted by atomic mass is 9.80. The van der Waals surface area contributed by atoms with Crippen LogP contribution in [0.1, 0.15) is 59.3 Å². The second-order valence-corrected chi connectivity index (χ2v) is 6.67. The zero-order chi connectivity index (χ0) is 12.0. The molecule has 16 heavy (non-hydrogen) atoms. The first kappa shape index (κ1) is 14.7. The SMILES string of the molecule is CC(C)CCCOC1(CI)CCCC(C)C1. The molecule has 1 saturated carbocycles. The van der Waals surface area contributed by atoms with Gasteiger partial charge in [-0.2, -0.15) is 0 Å². The van der Waals surface area contributed by atoms with Crippen LogP contribution in [-0.4, -0.2) is 16.6 Å². The fraction of sp³-hybridized carbons (Fsp3) is 1.00. The molecule has 2 heteroatoms. The van der Waals surface area contributed by atoms with E-state index in [1.54, 1.807) is 0 Å². The zero-order valence-corrected chi connectivity index (χ0v) is 13.3. The van der Waals surface area contributed by atoms with Crippen molar-refractivity contribution in [2.24, 2.45) is 11.8 Å². The average molecular weight is 338 g/mol. The Kier molecular flexibility index (Phi) is 6.63. The van der Waals surface area contributed by atoms with Gasteiger partial charge >= 0.3 is 0 Å². The number of hydrogen-bond donors (Lipinski definition) is 0. The normalized spacial score (nSPS) is 30.9. The Labute approximate surface area is 115 Å². The maximum Gasteiger partial charge on any atom is 0.0774 e. The van der Waals surface area contributed by atoms with Crippen molar-refractivity contribution in [3.63, 3.8) is 0 Å². The molecule has 1 rings (SSSR count). The van der Waals surface area contributed by atoms with Crippen LogP contribution in [0.3, 0.4) is 0 Å². The highest BCUT2D eigenvalue weighted by Gasteiger charge is 2.34. The predicted molar refractivity (Wildman–Crippen MR) is 79.3 cm³/mol. The molecule has 0 aromatic rings. The van der Waals surface area contributed by atoms with Crippen LogP contribution >= 0.6 is 22.6 Å². The highest BCUT2D eigenvalue weighted by atomic mass is 127. The fourth-order valence-corrected chi connectivity index (χ4v) is 3.60. The molecule has 0 spiro atoms. The Morgan fingerprint density at radius 2 is 2.19 bits per heavy atom. The molecule has 0 heterocycles. The van der Waals surface area contributed by atoms with E-state index in [4.69, 9.17) is 4.74 Å². The second kappa shape index (κ2) is 7.20. The summed E-state index contributed by atoms with van der Waals surface area (Å²) >= 11 is 2.51. The molecule has 2 unspecified atom stereocenters. The van der Waals surface area contributed by atoms with E-state index in [0.717, 1.165) is 22.9 Å². The maximum absolute atomic E-state index is 6.23. The van der Waals surface area contributed by atoms with Gasteiger partial charge in [-0.1, -0.05) is 56.2 Å². The van der Waals surface area contributed by atoms with Crippen LogP contribution in [0.2, 0.25) is 0 Å². The summed E-state index contributed by atoms with van der Waals surface area (Å²) < 4.78 is 7.40.